The average Bonchev–Trinajstić information content (AvgIpc) is 3.28. The quantitative estimate of drug-likeness (QED) is 0.458. The summed E-state index contributed by atoms with van der Waals surface area (Å²) in [4.78, 5) is 15.4. The maximum atomic E-state index is 13.3. The van der Waals surface area contributed by atoms with E-state index in [1.807, 2.05) is 37.3 Å². The lowest BCUT2D eigenvalue weighted by atomic mass is 9.90. The van der Waals surface area contributed by atoms with Crippen molar-refractivity contribution >= 4 is 15.9 Å². The Bertz CT molecular complexity index is 1050. The minimum Gasteiger partial charge on any atom is -0.292 e. The molecular formula is C19H18N4O3S. The molecule has 138 valence electrons. The van der Waals surface area contributed by atoms with Crippen LogP contribution in [0.25, 0.3) is 10.4 Å². The molecule has 0 bridgehead atoms. The molecule has 4 rings (SSSR count). The summed E-state index contributed by atoms with van der Waals surface area (Å²) in [6, 6.07) is 15.1. The number of aryl methyl sites for hydroxylation is 1. The van der Waals surface area contributed by atoms with E-state index >= 15 is 0 Å². The molecule has 0 spiro atoms. The van der Waals surface area contributed by atoms with Crippen molar-refractivity contribution < 1.29 is 13.2 Å². The number of carbonyl (C=O) groups is 1. The smallest absolute Gasteiger partial charge is 0.243 e. The molecule has 1 heterocycles. The fraction of sp³-hybridized carbons (Fsp3) is 0.316. The van der Waals surface area contributed by atoms with E-state index in [9.17, 15) is 13.2 Å². The molecule has 2 fully saturated rings. The summed E-state index contributed by atoms with van der Waals surface area (Å²) in [6.45, 7) is 2.13. The number of benzene rings is 2. The topological polar surface area (TPSA) is 103 Å². The first-order chi connectivity index (χ1) is 12.9. The number of rotatable bonds is 4. The molecule has 2 aliphatic rings. The number of hydrogen-bond acceptors (Lipinski definition) is 3. The molecule has 0 radical (unpaired) electrons. The van der Waals surface area contributed by atoms with E-state index in [0.717, 1.165) is 11.1 Å². The highest BCUT2D eigenvalue weighted by molar-refractivity contribution is 7.89. The number of fused-ring (bicyclic) bond motifs is 1. The first-order valence-electron chi connectivity index (χ1n) is 8.64. The van der Waals surface area contributed by atoms with Crippen molar-refractivity contribution in [3.63, 3.8) is 0 Å². The van der Waals surface area contributed by atoms with Gasteiger partial charge in [0.15, 0.2) is 0 Å². The highest BCUT2D eigenvalue weighted by Gasteiger charge is 2.72. The second-order valence-corrected chi connectivity index (χ2v) is 9.03. The number of sulfonamides is 1. The molecular weight excluding hydrogens is 364 g/mol. The van der Waals surface area contributed by atoms with Gasteiger partial charge in [-0.05, 0) is 47.6 Å². The van der Waals surface area contributed by atoms with Crippen LogP contribution in [0.2, 0.25) is 0 Å². The molecule has 3 unspecified atom stereocenters. The summed E-state index contributed by atoms with van der Waals surface area (Å²) in [5.41, 5.74) is 9.45. The molecule has 7 nitrogen and oxygen atoms in total. The number of azide groups is 1. The normalized spacial score (nSPS) is 26.9. The lowest BCUT2D eigenvalue weighted by molar-refractivity contribution is -0.124. The van der Waals surface area contributed by atoms with E-state index < -0.39 is 27.4 Å². The van der Waals surface area contributed by atoms with Gasteiger partial charge in [0.25, 0.3) is 0 Å². The van der Waals surface area contributed by atoms with E-state index in [-0.39, 0.29) is 17.4 Å². The van der Waals surface area contributed by atoms with Crippen LogP contribution in [-0.2, 0) is 14.8 Å². The van der Waals surface area contributed by atoms with Crippen LogP contribution in [0.4, 0.5) is 0 Å². The third-order valence-corrected chi connectivity index (χ3v) is 7.45. The summed E-state index contributed by atoms with van der Waals surface area (Å²) < 4.78 is 28.1. The van der Waals surface area contributed by atoms with E-state index in [1.54, 1.807) is 24.3 Å². The van der Waals surface area contributed by atoms with Gasteiger partial charge >= 0.3 is 0 Å². The van der Waals surface area contributed by atoms with Crippen LogP contribution in [0.1, 0.15) is 23.6 Å². The van der Waals surface area contributed by atoms with Gasteiger partial charge in [0.2, 0.25) is 15.9 Å². The van der Waals surface area contributed by atoms with Crippen LogP contribution in [0.3, 0.4) is 0 Å². The summed E-state index contributed by atoms with van der Waals surface area (Å²) in [5.74, 6) is -0.716. The van der Waals surface area contributed by atoms with E-state index in [2.05, 4.69) is 10.0 Å². The number of amides is 1. The van der Waals surface area contributed by atoms with Crippen molar-refractivity contribution in [3.05, 3.63) is 76.2 Å². The van der Waals surface area contributed by atoms with Crippen LogP contribution in [-0.4, -0.2) is 25.2 Å². The largest absolute Gasteiger partial charge is 0.292 e. The van der Waals surface area contributed by atoms with Gasteiger partial charge in [-0.3, -0.25) is 4.79 Å². The monoisotopic (exact) mass is 382 g/mol. The third-order valence-electron chi connectivity index (χ3n) is 5.61. The van der Waals surface area contributed by atoms with Gasteiger partial charge in [0.1, 0.15) is 0 Å². The highest BCUT2D eigenvalue weighted by atomic mass is 32.2. The Balaban J connectivity index is 1.83. The van der Waals surface area contributed by atoms with Gasteiger partial charge < -0.3 is 0 Å². The van der Waals surface area contributed by atoms with Gasteiger partial charge in [-0.1, -0.05) is 48.0 Å². The van der Waals surface area contributed by atoms with Crippen molar-refractivity contribution in [2.45, 2.75) is 24.3 Å². The van der Waals surface area contributed by atoms with Crippen LogP contribution >= 0.6 is 0 Å². The van der Waals surface area contributed by atoms with Crippen LogP contribution in [0, 0.1) is 18.3 Å². The Kier molecular flexibility index (Phi) is 4.07. The fourth-order valence-electron chi connectivity index (χ4n) is 4.18. The average molecular weight is 382 g/mol. The first kappa shape index (κ1) is 17.7. The minimum atomic E-state index is -3.80. The Morgan fingerprint density at radius 1 is 1.19 bits per heavy atom. The number of nitrogens with zero attached hydrogens (tertiary/aromatic N) is 4. The minimum absolute atomic E-state index is 0.138. The van der Waals surface area contributed by atoms with Gasteiger partial charge in [-0.2, -0.15) is 4.31 Å². The highest BCUT2D eigenvalue weighted by Crippen LogP contribution is 2.68. The lowest BCUT2D eigenvalue weighted by Crippen LogP contribution is -2.37. The Morgan fingerprint density at radius 3 is 2.48 bits per heavy atom. The molecule has 1 saturated carbocycles. The summed E-state index contributed by atoms with van der Waals surface area (Å²) >= 11 is 0. The van der Waals surface area contributed by atoms with Gasteiger partial charge in [-0.25, -0.2) is 8.42 Å². The van der Waals surface area contributed by atoms with Crippen LogP contribution in [0.5, 0.6) is 0 Å². The van der Waals surface area contributed by atoms with Crippen molar-refractivity contribution in [3.8, 4) is 0 Å². The fourth-order valence-corrected chi connectivity index (χ4v) is 5.90. The first-order valence-corrected chi connectivity index (χ1v) is 10.1. The standard InChI is InChI=1S/C19H18N4O3S/c1-13-7-9-16(10-8-13)27(25,26)23-12-15-11-19(15,18(24)21-22-20)17(23)14-5-3-2-4-6-14/h2-10,15,17H,11-12H2,1H3. The maximum absolute atomic E-state index is 13.3. The number of carbonyl (C=O) groups excluding carboxylic acids is 1. The van der Waals surface area contributed by atoms with Gasteiger partial charge in [-0.15, -0.1) is 0 Å². The van der Waals surface area contributed by atoms with Crippen molar-refractivity contribution in [1.29, 1.82) is 0 Å². The second-order valence-electron chi connectivity index (χ2n) is 7.14. The van der Waals surface area contributed by atoms with E-state index in [1.165, 1.54) is 4.31 Å². The number of piperidine rings is 1. The van der Waals surface area contributed by atoms with Crippen LogP contribution in [0.15, 0.2) is 64.6 Å². The van der Waals surface area contributed by atoms with Crippen molar-refractivity contribution in [2.75, 3.05) is 6.54 Å². The zero-order chi connectivity index (χ0) is 19.2. The molecule has 0 N–H and O–H groups in total. The molecule has 27 heavy (non-hydrogen) atoms. The zero-order valence-electron chi connectivity index (χ0n) is 14.7. The summed E-state index contributed by atoms with van der Waals surface area (Å²) in [5, 5.41) is 3.32. The Morgan fingerprint density at radius 2 is 1.85 bits per heavy atom. The predicted molar refractivity (Wildman–Crippen MR) is 98.9 cm³/mol. The van der Waals surface area contributed by atoms with E-state index in [4.69, 9.17) is 5.53 Å². The molecule has 1 amide bonds. The maximum Gasteiger partial charge on any atom is 0.243 e. The molecule has 1 aliphatic heterocycles. The lowest BCUT2D eigenvalue weighted by Gasteiger charge is -2.30. The predicted octanol–water partition coefficient (Wildman–Crippen LogP) is 3.58. The molecule has 2 aromatic rings. The second kappa shape index (κ2) is 6.20. The van der Waals surface area contributed by atoms with Crippen LogP contribution < -0.4 is 0 Å². The molecule has 1 saturated heterocycles. The zero-order valence-corrected chi connectivity index (χ0v) is 15.5. The third kappa shape index (κ3) is 2.65. The molecule has 8 heteroatoms. The van der Waals surface area contributed by atoms with Crippen molar-refractivity contribution in [1.82, 2.24) is 4.31 Å². The summed E-state index contributed by atoms with van der Waals surface area (Å²) in [7, 11) is -3.80. The molecule has 1 aliphatic carbocycles. The SMILES string of the molecule is Cc1ccc(S(=O)(=O)N2CC3CC3(C(=O)N=[N+]=[N-])C2c2ccccc2)cc1. The summed E-state index contributed by atoms with van der Waals surface area (Å²) in [6.07, 6.45) is 0.532. The van der Waals surface area contributed by atoms with E-state index in [0.29, 0.717) is 6.42 Å². The molecule has 2 aromatic carbocycles. The van der Waals surface area contributed by atoms with Crippen molar-refractivity contribution in [2.24, 2.45) is 16.4 Å². The molecule has 3 atom stereocenters. The molecule has 0 aromatic heterocycles. The Labute approximate surface area is 157 Å². The van der Waals surface area contributed by atoms with Gasteiger partial charge in [0.05, 0.1) is 16.4 Å². The number of hydrogen-bond donors (Lipinski definition) is 0. The Hall–Kier alpha value is -2.67. The van der Waals surface area contributed by atoms with Gasteiger partial charge in [0, 0.05) is 11.5 Å².